The Bertz CT molecular complexity index is 480. The predicted octanol–water partition coefficient (Wildman–Crippen LogP) is 4.50. The first-order chi connectivity index (χ1) is 9.38. The third kappa shape index (κ3) is 4.15. The molecule has 2 unspecified atom stereocenters. The molecule has 0 saturated heterocycles. The highest BCUT2D eigenvalue weighted by atomic mass is 19.1. The molecular weight excluding hydrogens is 266 g/mol. The topological polar surface area (TPSA) is 55.2 Å². The Balaban J connectivity index is 3.03. The van der Waals surface area contributed by atoms with Crippen LogP contribution in [0.25, 0.3) is 0 Å². The van der Waals surface area contributed by atoms with Crippen LogP contribution in [0.4, 0.5) is 20.2 Å². The van der Waals surface area contributed by atoms with Crippen molar-refractivity contribution in [2.45, 2.75) is 46.1 Å². The molecule has 1 aromatic rings. The molecule has 112 valence electrons. The molecule has 0 aliphatic rings. The van der Waals surface area contributed by atoms with Crippen LogP contribution >= 0.6 is 0 Å². The van der Waals surface area contributed by atoms with E-state index in [-0.39, 0.29) is 11.7 Å². The number of nitro groups is 1. The number of hydrogen-bond acceptors (Lipinski definition) is 3. The quantitative estimate of drug-likeness (QED) is 0.593. The number of anilines is 1. The lowest BCUT2D eigenvalue weighted by atomic mass is 9.97. The van der Waals surface area contributed by atoms with Crippen molar-refractivity contribution in [1.29, 1.82) is 0 Å². The summed E-state index contributed by atoms with van der Waals surface area (Å²) >= 11 is 0. The first-order valence-electron chi connectivity index (χ1n) is 6.78. The van der Waals surface area contributed by atoms with E-state index in [0.29, 0.717) is 18.4 Å². The molecule has 4 nitrogen and oxygen atoms in total. The van der Waals surface area contributed by atoms with Crippen LogP contribution < -0.4 is 5.32 Å². The summed E-state index contributed by atoms with van der Waals surface area (Å²) in [6.45, 7) is 6.05. The van der Waals surface area contributed by atoms with Gasteiger partial charge < -0.3 is 5.32 Å². The van der Waals surface area contributed by atoms with Crippen LogP contribution in [0.5, 0.6) is 0 Å². The average Bonchev–Trinajstić information content (AvgIpc) is 2.39. The molecule has 1 rings (SSSR count). The molecule has 0 radical (unpaired) electrons. The van der Waals surface area contributed by atoms with Gasteiger partial charge in [-0.3, -0.25) is 10.1 Å². The Morgan fingerprint density at radius 3 is 2.45 bits per heavy atom. The van der Waals surface area contributed by atoms with Crippen LogP contribution in [0.15, 0.2) is 12.1 Å². The number of benzene rings is 1. The lowest BCUT2D eigenvalue weighted by molar-refractivity contribution is -0.384. The number of hydrogen-bond donors (Lipinski definition) is 1. The molecule has 1 N–H and O–H groups in total. The summed E-state index contributed by atoms with van der Waals surface area (Å²) < 4.78 is 26.9. The molecule has 0 aliphatic carbocycles. The summed E-state index contributed by atoms with van der Waals surface area (Å²) in [5.74, 6) is -1.45. The first kappa shape index (κ1) is 16.3. The minimum atomic E-state index is -0.949. The monoisotopic (exact) mass is 286 g/mol. The molecule has 0 amide bonds. The van der Waals surface area contributed by atoms with E-state index in [1.54, 1.807) is 0 Å². The zero-order valence-electron chi connectivity index (χ0n) is 12.0. The summed E-state index contributed by atoms with van der Waals surface area (Å²) in [7, 11) is 0. The average molecular weight is 286 g/mol. The van der Waals surface area contributed by atoms with E-state index < -0.39 is 22.2 Å². The lowest BCUT2D eigenvalue weighted by Gasteiger charge is -2.21. The fourth-order valence-corrected chi connectivity index (χ4v) is 2.03. The van der Waals surface area contributed by atoms with Crippen molar-refractivity contribution in [2.75, 3.05) is 5.32 Å². The molecule has 0 heterocycles. The van der Waals surface area contributed by atoms with Gasteiger partial charge in [0, 0.05) is 12.1 Å². The third-order valence-corrected chi connectivity index (χ3v) is 3.46. The lowest BCUT2D eigenvalue weighted by Crippen LogP contribution is -2.22. The minimum absolute atomic E-state index is 0.0800. The number of nitro benzene ring substituents is 1. The summed E-state index contributed by atoms with van der Waals surface area (Å²) in [6.07, 6.45) is 2.46. The Hall–Kier alpha value is -1.72. The summed E-state index contributed by atoms with van der Waals surface area (Å²) in [4.78, 5) is 10.1. The molecule has 0 aliphatic heterocycles. The number of nitrogens with zero attached hydrogens (tertiary/aromatic N) is 1. The Labute approximate surface area is 117 Å². The number of nitrogens with one attached hydrogen (secondary N) is 1. The van der Waals surface area contributed by atoms with E-state index in [1.165, 1.54) is 0 Å². The van der Waals surface area contributed by atoms with Crippen molar-refractivity contribution >= 4 is 11.4 Å². The molecule has 6 heteroatoms. The highest BCUT2D eigenvalue weighted by Gasteiger charge is 2.23. The molecular formula is C14H20F2N2O2. The predicted molar refractivity (Wildman–Crippen MR) is 74.8 cm³/mol. The molecule has 0 saturated carbocycles. The van der Waals surface area contributed by atoms with Crippen molar-refractivity contribution in [3.8, 4) is 0 Å². The summed E-state index contributed by atoms with van der Waals surface area (Å²) in [5, 5.41) is 13.8. The smallest absolute Gasteiger partial charge is 0.298 e. The molecule has 1 aromatic carbocycles. The number of rotatable bonds is 7. The normalized spacial score (nSPS) is 13.8. The van der Waals surface area contributed by atoms with Gasteiger partial charge in [0.15, 0.2) is 5.82 Å². The van der Waals surface area contributed by atoms with E-state index in [0.717, 1.165) is 18.9 Å². The highest BCUT2D eigenvalue weighted by molar-refractivity contribution is 5.62. The second-order valence-corrected chi connectivity index (χ2v) is 5.04. The van der Waals surface area contributed by atoms with Gasteiger partial charge in [-0.2, -0.15) is 0 Å². The molecule has 0 fully saturated rings. The van der Waals surface area contributed by atoms with E-state index in [4.69, 9.17) is 0 Å². The molecule has 2 atom stereocenters. The van der Waals surface area contributed by atoms with Gasteiger partial charge in [0.2, 0.25) is 0 Å². The third-order valence-electron chi connectivity index (χ3n) is 3.46. The maximum atomic E-state index is 13.8. The van der Waals surface area contributed by atoms with Crippen LogP contribution in [0.2, 0.25) is 0 Å². The van der Waals surface area contributed by atoms with Crippen LogP contribution in [0.3, 0.4) is 0 Å². The van der Waals surface area contributed by atoms with Gasteiger partial charge in [0.05, 0.1) is 11.0 Å². The summed E-state index contributed by atoms with van der Waals surface area (Å²) in [5.41, 5.74) is -0.795. The fraction of sp³-hybridized carbons (Fsp3) is 0.571. The Morgan fingerprint density at radius 2 is 1.95 bits per heavy atom. The molecule has 20 heavy (non-hydrogen) atoms. The van der Waals surface area contributed by atoms with Crippen molar-refractivity contribution in [1.82, 2.24) is 0 Å². The van der Waals surface area contributed by atoms with E-state index in [9.17, 15) is 18.9 Å². The SMILES string of the molecule is CCC(C)CC(CC)Nc1c(F)cc(F)cc1[N+](=O)[O-]. The maximum absolute atomic E-state index is 13.8. The van der Waals surface area contributed by atoms with Gasteiger partial charge in [-0.25, -0.2) is 8.78 Å². The van der Waals surface area contributed by atoms with E-state index in [1.807, 2.05) is 6.92 Å². The maximum Gasteiger partial charge on any atom is 0.298 e. The zero-order valence-corrected chi connectivity index (χ0v) is 12.0. The molecule has 0 spiro atoms. The van der Waals surface area contributed by atoms with Gasteiger partial charge in [-0.1, -0.05) is 27.2 Å². The number of halogens is 2. The first-order valence-corrected chi connectivity index (χ1v) is 6.78. The Morgan fingerprint density at radius 1 is 1.30 bits per heavy atom. The van der Waals surface area contributed by atoms with Crippen LogP contribution in [0, 0.1) is 27.7 Å². The standard InChI is InChI=1S/C14H20F2N2O2/c1-4-9(3)6-11(5-2)17-14-12(16)7-10(15)8-13(14)18(19)20/h7-9,11,17H,4-6H2,1-3H3. The van der Waals surface area contributed by atoms with Crippen LogP contribution in [-0.4, -0.2) is 11.0 Å². The van der Waals surface area contributed by atoms with Crippen LogP contribution in [0.1, 0.15) is 40.0 Å². The van der Waals surface area contributed by atoms with Gasteiger partial charge >= 0.3 is 0 Å². The van der Waals surface area contributed by atoms with Crippen molar-refractivity contribution < 1.29 is 13.7 Å². The van der Waals surface area contributed by atoms with Gasteiger partial charge in [0.1, 0.15) is 11.5 Å². The van der Waals surface area contributed by atoms with E-state index in [2.05, 4.69) is 19.2 Å². The molecule has 0 bridgehead atoms. The van der Waals surface area contributed by atoms with Gasteiger partial charge in [-0.05, 0) is 18.8 Å². The Kier molecular flexibility index (Phi) is 5.85. The van der Waals surface area contributed by atoms with E-state index >= 15 is 0 Å². The summed E-state index contributed by atoms with van der Waals surface area (Å²) in [6, 6.07) is 1.32. The molecule has 0 aromatic heterocycles. The van der Waals surface area contributed by atoms with Crippen molar-refractivity contribution in [3.63, 3.8) is 0 Å². The zero-order chi connectivity index (χ0) is 15.3. The van der Waals surface area contributed by atoms with Gasteiger partial charge in [0.25, 0.3) is 5.69 Å². The highest BCUT2D eigenvalue weighted by Crippen LogP contribution is 2.30. The largest absolute Gasteiger partial charge is 0.374 e. The second-order valence-electron chi connectivity index (χ2n) is 5.04. The van der Waals surface area contributed by atoms with Crippen molar-refractivity contribution in [2.24, 2.45) is 5.92 Å². The second kappa shape index (κ2) is 7.17. The van der Waals surface area contributed by atoms with Crippen molar-refractivity contribution in [3.05, 3.63) is 33.9 Å². The fourth-order valence-electron chi connectivity index (χ4n) is 2.03. The van der Waals surface area contributed by atoms with Gasteiger partial charge in [-0.15, -0.1) is 0 Å². The van der Waals surface area contributed by atoms with Crippen LogP contribution in [-0.2, 0) is 0 Å². The minimum Gasteiger partial charge on any atom is -0.374 e.